The number of fused-ring (bicyclic) bond motifs is 1. The highest BCUT2D eigenvalue weighted by Gasteiger charge is 2.36. The van der Waals surface area contributed by atoms with Crippen LogP contribution in [-0.2, 0) is 14.8 Å². The van der Waals surface area contributed by atoms with Crippen molar-refractivity contribution in [2.75, 3.05) is 32.1 Å². The minimum Gasteiger partial charge on any atom is -0.495 e. The Bertz CT molecular complexity index is 750. The number of carbonyl (C=O) groups excluding carboxylic acids is 1. The molecule has 3 N–H and O–H groups in total. The first-order valence-electron chi connectivity index (χ1n) is 7.84. The summed E-state index contributed by atoms with van der Waals surface area (Å²) in [4.78, 5) is 11.4. The Morgan fingerprint density at radius 2 is 2.21 bits per heavy atom. The van der Waals surface area contributed by atoms with Crippen LogP contribution in [0, 0.1) is 0 Å². The minimum atomic E-state index is -3.78. The van der Waals surface area contributed by atoms with Gasteiger partial charge in [0.1, 0.15) is 16.4 Å². The molecule has 1 aromatic rings. The lowest BCUT2D eigenvalue weighted by Gasteiger charge is -2.34. The number of benzene rings is 1. The lowest BCUT2D eigenvalue weighted by Crippen LogP contribution is -2.47. The van der Waals surface area contributed by atoms with Gasteiger partial charge in [0.2, 0.25) is 10.0 Å². The number of nitrogens with zero attached hydrogens (tertiary/aromatic N) is 1. The Balaban J connectivity index is 2.05. The number of nitrogens with two attached hydrogens (primary N) is 1. The summed E-state index contributed by atoms with van der Waals surface area (Å²) in [5.41, 5.74) is 6.15. The number of ether oxygens (including phenoxy) is 2. The number of hydrogen-bond donors (Lipinski definition) is 2. The first-order chi connectivity index (χ1) is 11.5. The molecule has 0 aromatic heterocycles. The molecule has 0 bridgehead atoms. The molecule has 0 spiro atoms. The number of sulfonamides is 1. The van der Waals surface area contributed by atoms with Crippen LogP contribution in [0.25, 0.3) is 0 Å². The maximum atomic E-state index is 13.1. The lowest BCUT2D eigenvalue weighted by atomic mass is 10.1. The normalized spacial score (nSPS) is 21.6. The molecule has 9 heteroatoms. The molecule has 132 valence electrons. The second-order valence-corrected chi connectivity index (χ2v) is 7.70. The Kier molecular flexibility index (Phi) is 4.66. The summed E-state index contributed by atoms with van der Waals surface area (Å²) in [6, 6.07) is 2.66. The average Bonchev–Trinajstić information content (AvgIpc) is 2.60. The molecule has 2 aliphatic heterocycles. The second-order valence-electron chi connectivity index (χ2n) is 5.84. The number of rotatable bonds is 4. The third kappa shape index (κ3) is 2.94. The van der Waals surface area contributed by atoms with Gasteiger partial charge in [0.05, 0.1) is 12.8 Å². The van der Waals surface area contributed by atoms with Gasteiger partial charge in [-0.05, 0) is 12.8 Å². The van der Waals surface area contributed by atoms with E-state index in [1.54, 1.807) is 0 Å². The van der Waals surface area contributed by atoms with Crippen LogP contribution in [0.4, 0.5) is 5.69 Å². The maximum absolute atomic E-state index is 13.1. The summed E-state index contributed by atoms with van der Waals surface area (Å²) >= 11 is 0. The summed E-state index contributed by atoms with van der Waals surface area (Å²) in [5, 5.41) is 2.64. The van der Waals surface area contributed by atoms with E-state index in [2.05, 4.69) is 5.32 Å². The summed E-state index contributed by atoms with van der Waals surface area (Å²) in [7, 11) is -2.39. The van der Waals surface area contributed by atoms with E-state index in [1.165, 1.54) is 23.5 Å². The average molecular weight is 355 g/mol. The quantitative estimate of drug-likeness (QED) is 0.815. The van der Waals surface area contributed by atoms with Crippen LogP contribution in [-0.4, -0.2) is 51.5 Å². The number of amides is 1. The molecule has 1 amide bonds. The minimum absolute atomic E-state index is 0.0280. The van der Waals surface area contributed by atoms with Crippen molar-refractivity contribution in [1.29, 1.82) is 0 Å². The third-order valence-corrected chi connectivity index (χ3v) is 6.30. The van der Waals surface area contributed by atoms with Gasteiger partial charge in [0.25, 0.3) is 5.91 Å². The van der Waals surface area contributed by atoms with Crippen molar-refractivity contribution in [3.8, 4) is 11.5 Å². The highest BCUT2D eigenvalue weighted by molar-refractivity contribution is 7.89. The van der Waals surface area contributed by atoms with Gasteiger partial charge >= 0.3 is 0 Å². The number of anilines is 1. The fourth-order valence-corrected chi connectivity index (χ4v) is 4.96. The summed E-state index contributed by atoms with van der Waals surface area (Å²) in [5.74, 6) is 0.190. The van der Waals surface area contributed by atoms with E-state index >= 15 is 0 Å². The van der Waals surface area contributed by atoms with Crippen LogP contribution in [0.2, 0.25) is 0 Å². The monoisotopic (exact) mass is 355 g/mol. The van der Waals surface area contributed by atoms with Gasteiger partial charge < -0.3 is 20.5 Å². The predicted molar refractivity (Wildman–Crippen MR) is 87.7 cm³/mol. The molecule has 1 unspecified atom stereocenters. The number of hydrogen-bond acceptors (Lipinski definition) is 6. The molecule has 2 aliphatic rings. The number of carbonyl (C=O) groups is 1. The summed E-state index contributed by atoms with van der Waals surface area (Å²) < 4.78 is 38.3. The standard InChI is InChI=1S/C15H21N3O5S/c1-22-13-6-11-12(23-9-15(19)17-11)7-14(13)24(20,21)18-5-3-2-4-10(18)8-16/h6-7,10H,2-5,8-9,16H2,1H3,(H,17,19). The lowest BCUT2D eigenvalue weighted by molar-refractivity contribution is -0.118. The highest BCUT2D eigenvalue weighted by Crippen LogP contribution is 2.39. The number of nitrogens with one attached hydrogen (secondary N) is 1. The maximum Gasteiger partial charge on any atom is 0.262 e. The Hall–Kier alpha value is -1.84. The molecule has 0 radical (unpaired) electrons. The molecular formula is C15H21N3O5S. The first-order valence-corrected chi connectivity index (χ1v) is 9.28. The molecular weight excluding hydrogens is 334 g/mol. The molecule has 1 fully saturated rings. The summed E-state index contributed by atoms with van der Waals surface area (Å²) in [6.07, 6.45) is 2.51. The fraction of sp³-hybridized carbons (Fsp3) is 0.533. The van der Waals surface area contributed by atoms with Gasteiger partial charge in [-0.1, -0.05) is 6.42 Å². The zero-order valence-electron chi connectivity index (χ0n) is 13.4. The number of methoxy groups -OCH3 is 1. The van der Waals surface area contributed by atoms with Crippen LogP contribution in [0.5, 0.6) is 11.5 Å². The van der Waals surface area contributed by atoms with Gasteiger partial charge in [-0.3, -0.25) is 4.79 Å². The van der Waals surface area contributed by atoms with Crippen LogP contribution in [0.1, 0.15) is 19.3 Å². The molecule has 3 rings (SSSR count). The molecule has 0 aliphatic carbocycles. The van der Waals surface area contributed by atoms with E-state index in [0.29, 0.717) is 18.0 Å². The van der Waals surface area contributed by atoms with E-state index in [4.69, 9.17) is 15.2 Å². The Labute approximate surface area is 141 Å². The van der Waals surface area contributed by atoms with Crippen LogP contribution >= 0.6 is 0 Å². The van der Waals surface area contributed by atoms with Gasteiger partial charge in [-0.25, -0.2) is 8.42 Å². The van der Waals surface area contributed by atoms with Gasteiger partial charge in [-0.15, -0.1) is 0 Å². The zero-order valence-corrected chi connectivity index (χ0v) is 14.3. The Morgan fingerprint density at radius 3 is 2.92 bits per heavy atom. The molecule has 2 heterocycles. The largest absolute Gasteiger partial charge is 0.495 e. The van der Waals surface area contributed by atoms with Crippen molar-refractivity contribution in [3.63, 3.8) is 0 Å². The van der Waals surface area contributed by atoms with Crippen molar-refractivity contribution < 1.29 is 22.7 Å². The second kappa shape index (κ2) is 6.58. The molecule has 1 aromatic carbocycles. The molecule has 0 saturated carbocycles. The van der Waals surface area contributed by atoms with E-state index in [-0.39, 0.29) is 35.7 Å². The van der Waals surface area contributed by atoms with E-state index in [1.807, 2.05) is 0 Å². The fourth-order valence-electron chi connectivity index (χ4n) is 3.10. The van der Waals surface area contributed by atoms with Crippen LogP contribution in [0.15, 0.2) is 17.0 Å². The first kappa shape index (κ1) is 17.0. The Morgan fingerprint density at radius 1 is 1.42 bits per heavy atom. The van der Waals surface area contributed by atoms with Crippen LogP contribution in [0.3, 0.4) is 0 Å². The van der Waals surface area contributed by atoms with Gasteiger partial charge in [0, 0.05) is 31.3 Å². The van der Waals surface area contributed by atoms with Crippen molar-refractivity contribution in [1.82, 2.24) is 4.31 Å². The third-order valence-electron chi connectivity index (χ3n) is 4.33. The number of piperidine rings is 1. The predicted octanol–water partition coefficient (Wildman–Crippen LogP) is 0.528. The van der Waals surface area contributed by atoms with Crippen molar-refractivity contribution in [3.05, 3.63) is 12.1 Å². The molecule has 8 nitrogen and oxygen atoms in total. The van der Waals surface area contributed by atoms with E-state index < -0.39 is 10.0 Å². The van der Waals surface area contributed by atoms with Crippen molar-refractivity contribution in [2.24, 2.45) is 5.73 Å². The topological polar surface area (TPSA) is 111 Å². The van der Waals surface area contributed by atoms with E-state index in [0.717, 1.165) is 19.3 Å². The SMILES string of the molecule is COc1cc2c(cc1S(=O)(=O)N1CCCCC1CN)OCC(=O)N2. The smallest absolute Gasteiger partial charge is 0.262 e. The van der Waals surface area contributed by atoms with Crippen molar-refractivity contribution >= 4 is 21.6 Å². The van der Waals surface area contributed by atoms with Gasteiger partial charge in [-0.2, -0.15) is 4.31 Å². The van der Waals surface area contributed by atoms with E-state index in [9.17, 15) is 13.2 Å². The van der Waals surface area contributed by atoms with Crippen molar-refractivity contribution in [2.45, 2.75) is 30.2 Å². The highest BCUT2D eigenvalue weighted by atomic mass is 32.2. The molecule has 24 heavy (non-hydrogen) atoms. The zero-order chi connectivity index (χ0) is 17.3. The molecule has 1 atom stereocenters. The van der Waals surface area contributed by atoms with Crippen LogP contribution < -0.4 is 20.5 Å². The summed E-state index contributed by atoms with van der Waals surface area (Å²) in [6.45, 7) is 0.565. The molecule has 1 saturated heterocycles. The van der Waals surface area contributed by atoms with Gasteiger partial charge in [0.15, 0.2) is 6.61 Å².